The molecule has 0 aromatic heterocycles. The van der Waals surface area contributed by atoms with Crippen LogP contribution in [0, 0.1) is 23.5 Å². The number of benzene rings is 1. The van der Waals surface area contributed by atoms with Crippen LogP contribution in [0.1, 0.15) is 45.6 Å². The van der Waals surface area contributed by atoms with Gasteiger partial charge in [0.15, 0.2) is 0 Å². The maximum Gasteiger partial charge on any atom is 0.129 e. The summed E-state index contributed by atoms with van der Waals surface area (Å²) in [7, 11) is 0. The van der Waals surface area contributed by atoms with Gasteiger partial charge in [0.2, 0.25) is 0 Å². The minimum absolute atomic E-state index is 0.0173. The molecule has 1 aliphatic rings. The molecule has 0 amide bonds. The summed E-state index contributed by atoms with van der Waals surface area (Å²) >= 11 is 0. The molecule has 2 rings (SSSR count). The predicted octanol–water partition coefficient (Wildman–Crippen LogP) is 4.04. The van der Waals surface area contributed by atoms with Gasteiger partial charge < -0.3 is 5.11 Å². The molecule has 0 saturated heterocycles. The van der Waals surface area contributed by atoms with E-state index in [0.717, 1.165) is 25.3 Å². The Morgan fingerprint density at radius 2 is 1.89 bits per heavy atom. The van der Waals surface area contributed by atoms with E-state index in [4.69, 9.17) is 0 Å². The summed E-state index contributed by atoms with van der Waals surface area (Å²) in [4.78, 5) is 0. The first kappa shape index (κ1) is 14.4. The van der Waals surface area contributed by atoms with Crippen molar-refractivity contribution < 1.29 is 13.9 Å². The number of hydrogen-bond donors (Lipinski definition) is 1. The summed E-state index contributed by atoms with van der Waals surface area (Å²) < 4.78 is 27.0. The molecule has 19 heavy (non-hydrogen) atoms. The lowest BCUT2D eigenvalue weighted by molar-refractivity contribution is 0.0135. The molecular weight excluding hydrogens is 246 g/mol. The number of aliphatic hydroxyl groups is 1. The van der Waals surface area contributed by atoms with Crippen molar-refractivity contribution in [2.45, 2.75) is 51.6 Å². The molecule has 1 saturated carbocycles. The van der Waals surface area contributed by atoms with Gasteiger partial charge in [-0.05, 0) is 41.7 Å². The van der Waals surface area contributed by atoms with Crippen LogP contribution in [0.4, 0.5) is 8.78 Å². The second kappa shape index (κ2) is 5.20. The first-order valence-corrected chi connectivity index (χ1v) is 6.96. The minimum Gasteiger partial charge on any atom is -0.393 e. The van der Waals surface area contributed by atoms with Crippen LogP contribution in [-0.4, -0.2) is 11.2 Å². The van der Waals surface area contributed by atoms with Crippen LogP contribution in [0.25, 0.3) is 0 Å². The number of rotatable bonds is 2. The molecule has 1 nitrogen and oxygen atoms in total. The highest BCUT2D eigenvalue weighted by Gasteiger charge is 2.40. The Morgan fingerprint density at radius 1 is 1.21 bits per heavy atom. The summed E-state index contributed by atoms with van der Waals surface area (Å²) in [6.07, 6.45) is 2.28. The zero-order valence-corrected chi connectivity index (χ0v) is 11.8. The van der Waals surface area contributed by atoms with Crippen LogP contribution in [0.15, 0.2) is 18.2 Å². The Morgan fingerprint density at radius 3 is 2.47 bits per heavy atom. The maximum absolute atomic E-state index is 14.0. The normalized spacial score (nSPS) is 28.4. The summed E-state index contributed by atoms with van der Waals surface area (Å²) in [6, 6.07) is 3.72. The highest BCUT2D eigenvalue weighted by Crippen LogP contribution is 2.43. The van der Waals surface area contributed by atoms with Gasteiger partial charge in [0.05, 0.1) is 6.10 Å². The lowest BCUT2D eigenvalue weighted by Crippen LogP contribution is -2.41. The minimum atomic E-state index is -0.560. The fourth-order valence-electron chi connectivity index (χ4n) is 3.40. The van der Waals surface area contributed by atoms with Crippen LogP contribution in [0.5, 0.6) is 0 Å². The second-order valence-corrected chi connectivity index (χ2v) is 6.44. The van der Waals surface area contributed by atoms with Crippen LogP contribution in [-0.2, 0) is 5.41 Å². The summed E-state index contributed by atoms with van der Waals surface area (Å²) in [5.41, 5.74) is 0.00431. The summed E-state index contributed by atoms with van der Waals surface area (Å²) in [6.45, 7) is 6.01. The van der Waals surface area contributed by atoms with Crippen molar-refractivity contribution in [3.63, 3.8) is 0 Å². The second-order valence-electron chi connectivity index (χ2n) is 6.44. The Balaban J connectivity index is 2.30. The Hall–Kier alpha value is -0.960. The topological polar surface area (TPSA) is 20.2 Å². The largest absolute Gasteiger partial charge is 0.393 e. The van der Waals surface area contributed by atoms with Crippen molar-refractivity contribution in [3.05, 3.63) is 35.4 Å². The Labute approximate surface area is 113 Å². The monoisotopic (exact) mass is 268 g/mol. The summed E-state index contributed by atoms with van der Waals surface area (Å²) in [5, 5.41) is 10.3. The molecule has 0 radical (unpaired) electrons. The molecule has 1 fully saturated rings. The molecule has 1 N–H and O–H groups in total. The third kappa shape index (κ3) is 2.81. The van der Waals surface area contributed by atoms with Crippen LogP contribution < -0.4 is 0 Å². The van der Waals surface area contributed by atoms with Crippen molar-refractivity contribution in [2.75, 3.05) is 0 Å². The summed E-state index contributed by atoms with van der Waals surface area (Å²) in [5.74, 6) is -0.547. The van der Waals surface area contributed by atoms with Gasteiger partial charge in [-0.15, -0.1) is 0 Å². The quantitative estimate of drug-likeness (QED) is 0.858. The highest BCUT2D eigenvalue weighted by molar-refractivity contribution is 5.27. The zero-order valence-electron chi connectivity index (χ0n) is 11.8. The van der Waals surface area contributed by atoms with Crippen molar-refractivity contribution in [1.82, 2.24) is 0 Å². The fourth-order valence-corrected chi connectivity index (χ4v) is 3.40. The van der Waals surface area contributed by atoms with Gasteiger partial charge >= 0.3 is 0 Å². The lowest BCUT2D eigenvalue weighted by atomic mass is 9.64. The van der Waals surface area contributed by atoms with E-state index < -0.39 is 23.2 Å². The molecule has 106 valence electrons. The predicted molar refractivity (Wildman–Crippen MR) is 71.9 cm³/mol. The zero-order chi connectivity index (χ0) is 14.2. The van der Waals surface area contributed by atoms with Crippen molar-refractivity contribution >= 4 is 0 Å². The average molecular weight is 268 g/mol. The standard InChI is InChI=1S/C16H22F2O/c1-10-4-6-13(15(19)8-10)16(2,3)12-7-5-11(17)9-14(12)18/h5,7,9-10,13,15,19H,4,6,8H2,1-3H3. The van der Waals surface area contributed by atoms with E-state index in [1.807, 2.05) is 13.8 Å². The van der Waals surface area contributed by atoms with Gasteiger partial charge in [-0.1, -0.05) is 33.3 Å². The number of halogens is 2. The van der Waals surface area contributed by atoms with E-state index in [0.29, 0.717) is 11.5 Å². The van der Waals surface area contributed by atoms with Crippen LogP contribution >= 0.6 is 0 Å². The van der Waals surface area contributed by atoms with Gasteiger partial charge in [-0.3, -0.25) is 0 Å². The van der Waals surface area contributed by atoms with Gasteiger partial charge in [0, 0.05) is 6.07 Å². The van der Waals surface area contributed by atoms with Crippen LogP contribution in [0.2, 0.25) is 0 Å². The van der Waals surface area contributed by atoms with Crippen molar-refractivity contribution in [3.8, 4) is 0 Å². The molecule has 0 bridgehead atoms. The molecule has 0 heterocycles. The third-order valence-corrected chi connectivity index (χ3v) is 4.63. The molecule has 3 heteroatoms. The molecule has 3 atom stereocenters. The third-order valence-electron chi connectivity index (χ3n) is 4.63. The van der Waals surface area contributed by atoms with Gasteiger partial charge in [0.1, 0.15) is 11.6 Å². The lowest BCUT2D eigenvalue weighted by Gasteiger charge is -2.42. The van der Waals surface area contributed by atoms with E-state index in [1.54, 1.807) is 0 Å². The van der Waals surface area contributed by atoms with E-state index in [2.05, 4.69) is 6.92 Å². The maximum atomic E-state index is 14.0. The molecule has 1 aromatic carbocycles. The smallest absolute Gasteiger partial charge is 0.129 e. The SMILES string of the molecule is CC1CCC(C(C)(C)c2ccc(F)cc2F)C(O)C1. The average Bonchev–Trinajstić information content (AvgIpc) is 2.27. The molecule has 1 aromatic rings. The van der Waals surface area contributed by atoms with Crippen LogP contribution in [0.3, 0.4) is 0 Å². The molecular formula is C16H22F2O. The number of aliphatic hydroxyl groups excluding tert-OH is 1. The van der Waals surface area contributed by atoms with E-state index in [-0.39, 0.29) is 5.92 Å². The Bertz CT molecular complexity index is 456. The first-order chi connectivity index (χ1) is 8.82. The Kier molecular flexibility index (Phi) is 3.95. The van der Waals surface area contributed by atoms with Gasteiger partial charge in [-0.25, -0.2) is 8.78 Å². The van der Waals surface area contributed by atoms with E-state index in [9.17, 15) is 13.9 Å². The van der Waals surface area contributed by atoms with E-state index in [1.165, 1.54) is 12.1 Å². The first-order valence-electron chi connectivity index (χ1n) is 6.96. The molecule has 0 aliphatic heterocycles. The van der Waals surface area contributed by atoms with Gasteiger partial charge in [-0.2, -0.15) is 0 Å². The highest BCUT2D eigenvalue weighted by atomic mass is 19.1. The van der Waals surface area contributed by atoms with Crippen molar-refractivity contribution in [1.29, 1.82) is 0 Å². The number of hydrogen-bond acceptors (Lipinski definition) is 1. The van der Waals surface area contributed by atoms with E-state index >= 15 is 0 Å². The fraction of sp³-hybridized carbons (Fsp3) is 0.625. The van der Waals surface area contributed by atoms with Crippen molar-refractivity contribution in [2.24, 2.45) is 11.8 Å². The van der Waals surface area contributed by atoms with Gasteiger partial charge in [0.25, 0.3) is 0 Å². The molecule has 1 aliphatic carbocycles. The molecule has 3 unspecified atom stereocenters. The molecule has 0 spiro atoms.